The number of aryl methyl sites for hydroxylation is 1. The molecule has 29 heavy (non-hydrogen) atoms. The van der Waals surface area contributed by atoms with Gasteiger partial charge < -0.3 is 10.2 Å². The van der Waals surface area contributed by atoms with Crippen LogP contribution in [0.4, 0.5) is 5.00 Å². The molecule has 4 rings (SSSR count). The van der Waals surface area contributed by atoms with E-state index >= 15 is 0 Å². The lowest BCUT2D eigenvalue weighted by atomic mass is 9.96. The van der Waals surface area contributed by atoms with Gasteiger partial charge in [0.25, 0.3) is 5.91 Å². The summed E-state index contributed by atoms with van der Waals surface area (Å²) in [4.78, 5) is 30.2. The Hall–Kier alpha value is -2.69. The minimum absolute atomic E-state index is 0.0394. The van der Waals surface area contributed by atoms with Gasteiger partial charge in [0.2, 0.25) is 5.91 Å². The van der Waals surface area contributed by atoms with E-state index in [2.05, 4.69) is 16.3 Å². The maximum absolute atomic E-state index is 12.6. The average molecular weight is 409 g/mol. The molecule has 2 aromatic rings. The largest absolute Gasteiger partial charge is 0.336 e. The number of nitriles is 1. The molecule has 1 aliphatic carbocycles. The zero-order chi connectivity index (χ0) is 20.2. The minimum atomic E-state index is -0.0945. The predicted molar refractivity (Wildman–Crippen MR) is 113 cm³/mol. The normalized spacial score (nSPS) is 16.7. The zero-order valence-electron chi connectivity index (χ0n) is 16.3. The molecular weight excluding hydrogens is 384 g/mol. The molecular formula is C22H24N4O2S. The second-order valence-corrected chi connectivity index (χ2v) is 8.61. The number of thiophene rings is 1. The van der Waals surface area contributed by atoms with E-state index in [1.807, 2.05) is 35.2 Å². The first-order chi connectivity index (χ1) is 14.2. The van der Waals surface area contributed by atoms with Crippen molar-refractivity contribution in [3.63, 3.8) is 0 Å². The van der Waals surface area contributed by atoms with Crippen LogP contribution < -0.4 is 5.32 Å². The van der Waals surface area contributed by atoms with Crippen LogP contribution in [0.15, 0.2) is 30.3 Å². The van der Waals surface area contributed by atoms with E-state index < -0.39 is 0 Å². The molecule has 0 saturated carbocycles. The summed E-state index contributed by atoms with van der Waals surface area (Å²) >= 11 is 1.55. The summed E-state index contributed by atoms with van der Waals surface area (Å²) < 4.78 is 0. The van der Waals surface area contributed by atoms with Crippen molar-refractivity contribution in [1.82, 2.24) is 9.80 Å². The number of fused-ring (bicyclic) bond motifs is 1. The highest BCUT2D eigenvalue weighted by Crippen LogP contribution is 2.37. The molecule has 1 fully saturated rings. The Balaban J connectivity index is 1.31. The Kier molecular flexibility index (Phi) is 5.93. The number of piperazine rings is 1. The van der Waals surface area contributed by atoms with Gasteiger partial charge in [-0.15, -0.1) is 11.3 Å². The molecule has 1 aromatic carbocycles. The monoisotopic (exact) mass is 408 g/mol. The van der Waals surface area contributed by atoms with Crippen molar-refractivity contribution in [2.24, 2.45) is 0 Å². The number of nitrogens with one attached hydrogen (secondary N) is 1. The van der Waals surface area contributed by atoms with E-state index in [0.717, 1.165) is 31.2 Å². The quantitative estimate of drug-likeness (QED) is 0.844. The van der Waals surface area contributed by atoms with E-state index in [4.69, 9.17) is 0 Å². The van der Waals surface area contributed by atoms with Crippen molar-refractivity contribution in [2.45, 2.75) is 25.7 Å². The first kappa shape index (κ1) is 19.6. The Morgan fingerprint density at radius 3 is 2.52 bits per heavy atom. The number of carbonyl (C=O) groups excluding carboxylic acids is 2. The van der Waals surface area contributed by atoms with Gasteiger partial charge in [-0.25, -0.2) is 0 Å². The Morgan fingerprint density at radius 2 is 1.79 bits per heavy atom. The van der Waals surface area contributed by atoms with Crippen LogP contribution in [-0.4, -0.2) is 54.3 Å². The number of hydrogen-bond acceptors (Lipinski definition) is 5. The highest BCUT2D eigenvalue weighted by molar-refractivity contribution is 7.16. The maximum Gasteiger partial charge on any atom is 0.253 e. The zero-order valence-corrected chi connectivity index (χ0v) is 17.1. The molecule has 7 heteroatoms. The summed E-state index contributed by atoms with van der Waals surface area (Å²) in [5.74, 6) is -0.0551. The second-order valence-electron chi connectivity index (χ2n) is 7.51. The molecule has 2 aliphatic rings. The third kappa shape index (κ3) is 4.34. The van der Waals surface area contributed by atoms with Crippen LogP contribution in [-0.2, 0) is 17.6 Å². The van der Waals surface area contributed by atoms with Gasteiger partial charge in [-0.2, -0.15) is 5.26 Å². The van der Waals surface area contributed by atoms with Crippen molar-refractivity contribution in [3.8, 4) is 6.07 Å². The molecule has 1 aromatic heterocycles. The van der Waals surface area contributed by atoms with Crippen LogP contribution in [0.2, 0.25) is 0 Å². The van der Waals surface area contributed by atoms with E-state index in [-0.39, 0.29) is 18.4 Å². The van der Waals surface area contributed by atoms with Crippen LogP contribution in [0.1, 0.15) is 39.2 Å². The Morgan fingerprint density at radius 1 is 1.07 bits per heavy atom. The third-order valence-corrected chi connectivity index (χ3v) is 6.79. The summed E-state index contributed by atoms with van der Waals surface area (Å²) in [5.41, 5.74) is 2.48. The fourth-order valence-electron chi connectivity index (χ4n) is 4.01. The molecule has 0 bridgehead atoms. The number of benzene rings is 1. The number of rotatable bonds is 4. The number of carbonyl (C=O) groups is 2. The van der Waals surface area contributed by atoms with Crippen LogP contribution >= 0.6 is 11.3 Å². The van der Waals surface area contributed by atoms with Crippen LogP contribution in [0, 0.1) is 11.3 Å². The Labute approximate surface area is 174 Å². The lowest BCUT2D eigenvalue weighted by Crippen LogP contribution is -2.50. The highest BCUT2D eigenvalue weighted by Gasteiger charge is 2.25. The van der Waals surface area contributed by atoms with E-state index in [1.54, 1.807) is 11.3 Å². The molecule has 0 radical (unpaired) electrons. The van der Waals surface area contributed by atoms with Gasteiger partial charge >= 0.3 is 0 Å². The van der Waals surface area contributed by atoms with Crippen molar-refractivity contribution in [3.05, 3.63) is 51.9 Å². The molecule has 1 aliphatic heterocycles. The van der Waals surface area contributed by atoms with Crippen molar-refractivity contribution >= 4 is 28.2 Å². The first-order valence-electron chi connectivity index (χ1n) is 10.1. The summed E-state index contributed by atoms with van der Waals surface area (Å²) in [6.45, 7) is 2.83. The van der Waals surface area contributed by atoms with Gasteiger partial charge in [0, 0.05) is 36.6 Å². The molecule has 1 saturated heterocycles. The summed E-state index contributed by atoms with van der Waals surface area (Å²) in [7, 11) is 0. The number of hydrogen-bond donors (Lipinski definition) is 1. The van der Waals surface area contributed by atoms with Gasteiger partial charge in [0.05, 0.1) is 12.1 Å². The summed E-state index contributed by atoms with van der Waals surface area (Å²) in [6, 6.07) is 11.6. The van der Waals surface area contributed by atoms with Gasteiger partial charge in [-0.1, -0.05) is 18.2 Å². The summed E-state index contributed by atoms with van der Waals surface area (Å²) in [5, 5.41) is 13.2. The highest BCUT2D eigenvalue weighted by atomic mass is 32.1. The van der Waals surface area contributed by atoms with E-state index in [0.29, 0.717) is 42.3 Å². The average Bonchev–Trinajstić information content (AvgIpc) is 3.11. The number of anilines is 1. The fourth-order valence-corrected chi connectivity index (χ4v) is 5.27. The van der Waals surface area contributed by atoms with Crippen molar-refractivity contribution in [1.29, 1.82) is 5.26 Å². The van der Waals surface area contributed by atoms with Crippen molar-refractivity contribution in [2.75, 3.05) is 38.0 Å². The molecule has 2 amide bonds. The molecule has 6 nitrogen and oxygen atoms in total. The SMILES string of the molecule is N#Cc1c(NC(=O)CN2CCN(C(=O)c3ccccc3)CC2)sc2c1CCCC2. The molecule has 150 valence electrons. The van der Waals surface area contributed by atoms with E-state index in [9.17, 15) is 14.9 Å². The topological polar surface area (TPSA) is 76.4 Å². The van der Waals surface area contributed by atoms with Crippen LogP contribution in [0.3, 0.4) is 0 Å². The predicted octanol–water partition coefficient (Wildman–Crippen LogP) is 2.90. The van der Waals surface area contributed by atoms with Crippen molar-refractivity contribution < 1.29 is 9.59 Å². The third-order valence-electron chi connectivity index (χ3n) is 5.58. The summed E-state index contributed by atoms with van der Waals surface area (Å²) in [6.07, 6.45) is 4.19. The minimum Gasteiger partial charge on any atom is -0.336 e. The number of nitrogens with zero attached hydrogens (tertiary/aromatic N) is 3. The molecule has 0 spiro atoms. The van der Waals surface area contributed by atoms with Crippen LogP contribution in [0.5, 0.6) is 0 Å². The Bertz CT molecular complexity index is 940. The van der Waals surface area contributed by atoms with Gasteiger partial charge in [0.15, 0.2) is 0 Å². The lowest BCUT2D eigenvalue weighted by molar-refractivity contribution is -0.117. The molecule has 0 unspecified atom stereocenters. The standard InChI is InChI=1S/C22H24N4O2S/c23-14-18-17-8-4-5-9-19(17)29-21(18)24-20(27)15-25-10-12-26(13-11-25)22(28)16-6-2-1-3-7-16/h1-3,6-7H,4-5,8-13,15H2,(H,24,27). The van der Waals surface area contributed by atoms with Gasteiger partial charge in [-0.05, 0) is 43.4 Å². The van der Waals surface area contributed by atoms with Gasteiger partial charge in [0.1, 0.15) is 11.1 Å². The van der Waals surface area contributed by atoms with E-state index in [1.165, 1.54) is 4.88 Å². The molecule has 1 N–H and O–H groups in total. The first-order valence-corrected chi connectivity index (χ1v) is 10.9. The lowest BCUT2D eigenvalue weighted by Gasteiger charge is -2.34. The smallest absolute Gasteiger partial charge is 0.253 e. The fraction of sp³-hybridized carbons (Fsp3) is 0.409. The molecule has 0 atom stereocenters. The molecule has 2 heterocycles. The second kappa shape index (κ2) is 8.76. The maximum atomic E-state index is 12.6. The number of amides is 2. The van der Waals surface area contributed by atoms with Gasteiger partial charge in [-0.3, -0.25) is 14.5 Å². The van der Waals surface area contributed by atoms with Crippen LogP contribution in [0.25, 0.3) is 0 Å².